The molecule has 24 heavy (non-hydrogen) atoms. The van der Waals surface area contributed by atoms with Crippen LogP contribution in [0.3, 0.4) is 0 Å². The topological polar surface area (TPSA) is 23.5 Å². The maximum absolute atomic E-state index is 12.8. The molecule has 0 amide bonds. The zero-order chi connectivity index (χ0) is 17.6. The van der Waals surface area contributed by atoms with Gasteiger partial charge in [-0.2, -0.15) is 13.2 Å². The number of nitrogens with zero attached hydrogens (tertiary/aromatic N) is 1. The van der Waals surface area contributed by atoms with Crippen LogP contribution >= 0.6 is 0 Å². The molecule has 5 heteroatoms. The van der Waals surface area contributed by atoms with E-state index in [9.17, 15) is 18.3 Å². The quantitative estimate of drug-likeness (QED) is 0.821. The van der Waals surface area contributed by atoms with E-state index in [1.807, 2.05) is 37.3 Å². The molecule has 0 aliphatic heterocycles. The molecule has 0 aromatic heterocycles. The number of aliphatic hydroxyl groups excluding tert-OH is 1. The van der Waals surface area contributed by atoms with E-state index in [4.69, 9.17) is 0 Å². The summed E-state index contributed by atoms with van der Waals surface area (Å²) in [5.41, 5.74) is 1.14. The van der Waals surface area contributed by atoms with Crippen molar-refractivity contribution in [2.24, 2.45) is 0 Å². The van der Waals surface area contributed by atoms with Crippen molar-refractivity contribution >= 4 is 0 Å². The molecular formula is C19H22F3NO. The van der Waals surface area contributed by atoms with E-state index in [-0.39, 0.29) is 12.6 Å². The Labute approximate surface area is 140 Å². The van der Waals surface area contributed by atoms with Gasteiger partial charge in [0.15, 0.2) is 0 Å². The highest BCUT2D eigenvalue weighted by molar-refractivity contribution is 5.26. The van der Waals surface area contributed by atoms with Crippen LogP contribution in [0.5, 0.6) is 0 Å². The predicted molar refractivity (Wildman–Crippen MR) is 88.5 cm³/mol. The number of hydrogen-bond acceptors (Lipinski definition) is 2. The van der Waals surface area contributed by atoms with E-state index in [1.54, 1.807) is 6.07 Å². The van der Waals surface area contributed by atoms with Gasteiger partial charge in [-0.15, -0.1) is 0 Å². The van der Waals surface area contributed by atoms with Crippen molar-refractivity contribution in [1.82, 2.24) is 4.90 Å². The van der Waals surface area contributed by atoms with Crippen molar-refractivity contribution in [3.63, 3.8) is 0 Å². The molecule has 2 nitrogen and oxygen atoms in total. The summed E-state index contributed by atoms with van der Waals surface area (Å²) in [5.74, 6) is 0. The molecule has 0 saturated heterocycles. The molecule has 2 rings (SSSR count). The fourth-order valence-electron chi connectivity index (χ4n) is 2.75. The van der Waals surface area contributed by atoms with Crippen LogP contribution in [0.1, 0.15) is 23.6 Å². The summed E-state index contributed by atoms with van der Waals surface area (Å²) in [5, 5.41) is 9.29. The molecule has 0 fully saturated rings. The number of halogens is 3. The summed E-state index contributed by atoms with van der Waals surface area (Å²) in [6.07, 6.45) is -3.83. The monoisotopic (exact) mass is 337 g/mol. The normalized spacial score (nSPS) is 13.2. The molecule has 2 aromatic rings. The van der Waals surface area contributed by atoms with E-state index in [0.29, 0.717) is 25.1 Å². The highest BCUT2D eigenvalue weighted by atomic mass is 19.4. The lowest BCUT2D eigenvalue weighted by molar-refractivity contribution is -0.137. The third-order valence-corrected chi connectivity index (χ3v) is 4.02. The molecule has 130 valence electrons. The smallest absolute Gasteiger partial charge is 0.395 e. The number of aliphatic hydroxyl groups is 1. The third kappa shape index (κ3) is 5.35. The Bertz CT molecular complexity index is 628. The van der Waals surface area contributed by atoms with Gasteiger partial charge in [0, 0.05) is 19.1 Å². The molecule has 0 saturated carbocycles. The minimum absolute atomic E-state index is 0.0137. The van der Waals surface area contributed by atoms with Gasteiger partial charge in [0.25, 0.3) is 0 Å². The molecule has 1 unspecified atom stereocenters. The Morgan fingerprint density at radius 3 is 2.29 bits per heavy atom. The largest absolute Gasteiger partial charge is 0.416 e. The van der Waals surface area contributed by atoms with Crippen molar-refractivity contribution in [3.8, 4) is 0 Å². The molecule has 0 heterocycles. The van der Waals surface area contributed by atoms with E-state index in [1.165, 1.54) is 12.1 Å². The summed E-state index contributed by atoms with van der Waals surface area (Å²) >= 11 is 0. The summed E-state index contributed by atoms with van der Waals surface area (Å²) < 4.78 is 38.5. The lowest BCUT2D eigenvalue weighted by Crippen LogP contribution is -2.36. The Hall–Kier alpha value is -1.85. The van der Waals surface area contributed by atoms with Gasteiger partial charge in [0.2, 0.25) is 0 Å². The molecule has 0 spiro atoms. The first-order valence-electron chi connectivity index (χ1n) is 7.95. The maximum atomic E-state index is 12.8. The number of rotatable bonds is 7. The molecule has 0 radical (unpaired) electrons. The highest BCUT2D eigenvalue weighted by Gasteiger charge is 2.30. The number of benzene rings is 2. The van der Waals surface area contributed by atoms with Gasteiger partial charge in [-0.25, -0.2) is 0 Å². The average Bonchev–Trinajstić information content (AvgIpc) is 2.55. The first-order chi connectivity index (χ1) is 11.4. The minimum atomic E-state index is -4.33. The van der Waals surface area contributed by atoms with Gasteiger partial charge >= 0.3 is 6.18 Å². The molecule has 1 atom stereocenters. The Kier molecular flexibility index (Phi) is 6.40. The van der Waals surface area contributed by atoms with Crippen LogP contribution < -0.4 is 0 Å². The van der Waals surface area contributed by atoms with Gasteiger partial charge < -0.3 is 5.11 Å². The van der Waals surface area contributed by atoms with Crippen LogP contribution in [0.4, 0.5) is 13.2 Å². The Morgan fingerprint density at radius 1 is 1.00 bits per heavy atom. The van der Waals surface area contributed by atoms with Gasteiger partial charge in [0.1, 0.15) is 0 Å². The summed E-state index contributed by atoms with van der Waals surface area (Å²) in [7, 11) is 0. The van der Waals surface area contributed by atoms with E-state index < -0.39 is 11.7 Å². The molecule has 2 aromatic carbocycles. The van der Waals surface area contributed by atoms with E-state index in [2.05, 4.69) is 4.90 Å². The second kappa shape index (κ2) is 8.31. The van der Waals surface area contributed by atoms with E-state index in [0.717, 1.165) is 11.6 Å². The summed E-state index contributed by atoms with van der Waals surface area (Å²) in [6, 6.07) is 15.3. The Morgan fingerprint density at radius 2 is 1.67 bits per heavy atom. The van der Waals surface area contributed by atoms with Gasteiger partial charge in [-0.05, 0) is 30.5 Å². The second-order valence-electron chi connectivity index (χ2n) is 5.93. The SMILES string of the molecule is CC(Cc1cccc(C(F)(F)F)c1)N(CCO)Cc1ccccc1. The molecule has 0 aliphatic carbocycles. The molecular weight excluding hydrogens is 315 g/mol. The molecule has 0 aliphatic rings. The lowest BCUT2D eigenvalue weighted by atomic mass is 10.0. The van der Waals surface area contributed by atoms with Gasteiger partial charge in [-0.3, -0.25) is 4.90 Å². The van der Waals surface area contributed by atoms with E-state index >= 15 is 0 Å². The second-order valence-corrected chi connectivity index (χ2v) is 5.93. The van der Waals surface area contributed by atoms with Gasteiger partial charge in [-0.1, -0.05) is 48.5 Å². The van der Waals surface area contributed by atoms with Crippen LogP contribution in [-0.2, 0) is 19.1 Å². The third-order valence-electron chi connectivity index (χ3n) is 4.02. The predicted octanol–water partition coefficient (Wildman–Crippen LogP) is 4.13. The first-order valence-corrected chi connectivity index (χ1v) is 7.95. The van der Waals surface area contributed by atoms with Crippen molar-refractivity contribution in [2.45, 2.75) is 32.1 Å². The van der Waals surface area contributed by atoms with Crippen molar-refractivity contribution in [2.75, 3.05) is 13.2 Å². The van der Waals surface area contributed by atoms with Crippen LogP contribution in [0.15, 0.2) is 54.6 Å². The zero-order valence-electron chi connectivity index (χ0n) is 13.6. The molecule has 1 N–H and O–H groups in total. The van der Waals surface area contributed by atoms with Crippen LogP contribution in [0.2, 0.25) is 0 Å². The fourth-order valence-corrected chi connectivity index (χ4v) is 2.75. The van der Waals surface area contributed by atoms with Crippen molar-refractivity contribution < 1.29 is 18.3 Å². The standard InChI is InChI=1S/C19H22F3NO/c1-15(12-17-8-5-9-18(13-17)19(20,21)22)23(10-11-24)14-16-6-3-2-4-7-16/h2-9,13,15,24H,10-12,14H2,1H3. The molecule has 0 bridgehead atoms. The van der Waals surface area contributed by atoms with Crippen LogP contribution in [-0.4, -0.2) is 29.2 Å². The number of alkyl halides is 3. The van der Waals surface area contributed by atoms with Crippen LogP contribution in [0.25, 0.3) is 0 Å². The lowest BCUT2D eigenvalue weighted by Gasteiger charge is -2.29. The average molecular weight is 337 g/mol. The van der Waals surface area contributed by atoms with Gasteiger partial charge in [0.05, 0.1) is 12.2 Å². The van der Waals surface area contributed by atoms with Crippen molar-refractivity contribution in [3.05, 3.63) is 71.3 Å². The summed E-state index contributed by atoms with van der Waals surface area (Å²) in [4.78, 5) is 2.08. The maximum Gasteiger partial charge on any atom is 0.416 e. The van der Waals surface area contributed by atoms with Crippen LogP contribution in [0, 0.1) is 0 Å². The minimum Gasteiger partial charge on any atom is -0.395 e. The first kappa shape index (κ1) is 18.5. The van der Waals surface area contributed by atoms with Crippen molar-refractivity contribution in [1.29, 1.82) is 0 Å². The fraction of sp³-hybridized carbons (Fsp3) is 0.368. The number of hydrogen-bond donors (Lipinski definition) is 1. The Balaban J connectivity index is 2.09. The summed E-state index contributed by atoms with van der Waals surface area (Å²) in [6.45, 7) is 3.12. The highest BCUT2D eigenvalue weighted by Crippen LogP contribution is 2.30. The zero-order valence-corrected chi connectivity index (χ0v) is 13.6.